The van der Waals surface area contributed by atoms with Gasteiger partial charge in [0, 0.05) is 6.07 Å². The Morgan fingerprint density at radius 1 is 1.29 bits per heavy atom. The first-order chi connectivity index (χ1) is 13.3. The van der Waals surface area contributed by atoms with Crippen molar-refractivity contribution in [1.29, 1.82) is 0 Å². The molecule has 2 heterocycles. The largest absolute Gasteiger partial charge is 0.478 e. The molecule has 0 saturated heterocycles. The van der Waals surface area contributed by atoms with E-state index in [0.29, 0.717) is 17.1 Å². The van der Waals surface area contributed by atoms with Gasteiger partial charge in [0.05, 0.1) is 16.2 Å². The number of aromatic nitrogens is 4. The molecule has 142 valence electrons. The highest BCUT2D eigenvalue weighted by Gasteiger charge is 2.23. The molecule has 11 heteroatoms. The molecule has 0 aliphatic heterocycles. The lowest BCUT2D eigenvalue weighted by molar-refractivity contribution is -0.384. The first-order valence-corrected chi connectivity index (χ1v) is 8.23. The first-order valence-electron chi connectivity index (χ1n) is 7.86. The number of carbonyl (C=O) groups is 1. The van der Waals surface area contributed by atoms with E-state index in [-0.39, 0.29) is 22.4 Å². The lowest BCUT2D eigenvalue weighted by atomic mass is 10.1. The fraction of sp³-hybridized carbons (Fsp3) is 0.0588. The molecule has 0 spiro atoms. The molecule has 3 N–H and O–H groups in total. The molecule has 3 aromatic rings. The predicted octanol–water partition coefficient (Wildman–Crippen LogP) is 3.68. The Labute approximate surface area is 163 Å². The summed E-state index contributed by atoms with van der Waals surface area (Å²) in [4.78, 5) is 29.6. The van der Waals surface area contributed by atoms with Gasteiger partial charge in [-0.3, -0.25) is 15.2 Å². The van der Waals surface area contributed by atoms with Crippen LogP contribution in [0.15, 0.2) is 30.3 Å². The smallest absolute Gasteiger partial charge is 0.348 e. The summed E-state index contributed by atoms with van der Waals surface area (Å²) in [5, 5.41) is 29.3. The number of aromatic amines is 1. The number of H-pyrrole nitrogens is 1. The summed E-state index contributed by atoms with van der Waals surface area (Å²) in [5.41, 5.74) is 1.09. The first kappa shape index (κ1) is 19.0. The zero-order valence-electron chi connectivity index (χ0n) is 14.4. The Morgan fingerprint density at radius 3 is 2.57 bits per heavy atom. The van der Waals surface area contributed by atoms with Gasteiger partial charge in [-0.05, 0) is 30.7 Å². The number of halogens is 1. The molecular weight excluding hydrogens is 388 g/mol. The Balaban J connectivity index is 1.92. The van der Waals surface area contributed by atoms with E-state index in [1.54, 1.807) is 31.2 Å². The van der Waals surface area contributed by atoms with Crippen LogP contribution in [0, 0.1) is 17.0 Å². The molecule has 0 fully saturated rings. The second kappa shape index (κ2) is 7.84. The zero-order chi connectivity index (χ0) is 20.3. The van der Waals surface area contributed by atoms with Gasteiger partial charge in [0.2, 0.25) is 11.0 Å². The van der Waals surface area contributed by atoms with Crippen LogP contribution < -0.4 is 5.32 Å². The molecule has 0 amide bonds. The maximum absolute atomic E-state index is 11.3. The Morgan fingerprint density at radius 2 is 2.00 bits per heavy atom. The van der Waals surface area contributed by atoms with Crippen LogP contribution in [0.5, 0.6) is 0 Å². The highest BCUT2D eigenvalue weighted by molar-refractivity contribution is 6.32. The van der Waals surface area contributed by atoms with E-state index in [1.807, 2.05) is 0 Å². The highest BCUT2D eigenvalue weighted by Crippen LogP contribution is 2.31. The second-order valence-electron chi connectivity index (χ2n) is 5.64. The number of hydrogen-bond donors (Lipinski definition) is 3. The fourth-order valence-corrected chi connectivity index (χ4v) is 2.53. The molecule has 0 bridgehead atoms. The second-order valence-corrected chi connectivity index (χ2v) is 5.99. The molecule has 0 saturated carbocycles. The van der Waals surface area contributed by atoms with E-state index in [2.05, 4.69) is 25.5 Å². The molecule has 0 aliphatic rings. The molecular formula is C17H13ClN6O4. The van der Waals surface area contributed by atoms with Gasteiger partial charge >= 0.3 is 11.7 Å². The minimum absolute atomic E-state index is 0.0884. The van der Waals surface area contributed by atoms with E-state index in [1.165, 1.54) is 18.2 Å². The van der Waals surface area contributed by atoms with Crippen molar-refractivity contribution in [3.63, 3.8) is 0 Å². The summed E-state index contributed by atoms with van der Waals surface area (Å²) in [5.74, 6) is -0.563. The van der Waals surface area contributed by atoms with Gasteiger partial charge in [-0.25, -0.2) is 14.8 Å². The van der Waals surface area contributed by atoms with Gasteiger partial charge in [-0.1, -0.05) is 29.8 Å². The van der Waals surface area contributed by atoms with E-state index in [0.717, 1.165) is 0 Å². The quantitative estimate of drug-likeness (QED) is 0.322. The molecule has 0 atom stereocenters. The Hall–Kier alpha value is -3.79. The van der Waals surface area contributed by atoms with Crippen molar-refractivity contribution in [1.82, 2.24) is 20.2 Å². The Kier molecular flexibility index (Phi) is 5.32. The third-order valence-electron chi connectivity index (χ3n) is 3.58. The summed E-state index contributed by atoms with van der Waals surface area (Å²) in [6, 6.07) is 7.79. The van der Waals surface area contributed by atoms with Crippen molar-refractivity contribution in [2.75, 3.05) is 5.32 Å². The summed E-state index contributed by atoms with van der Waals surface area (Å²) >= 11 is 5.98. The number of benzene rings is 1. The van der Waals surface area contributed by atoms with Crippen LogP contribution in [0.2, 0.25) is 5.15 Å². The molecule has 1 aromatic carbocycles. The number of carboxylic acid groups (broad SMARTS) is 1. The van der Waals surface area contributed by atoms with Gasteiger partial charge in [0.15, 0.2) is 5.82 Å². The lowest BCUT2D eigenvalue weighted by Crippen LogP contribution is -2.04. The van der Waals surface area contributed by atoms with Gasteiger partial charge in [0.1, 0.15) is 5.82 Å². The van der Waals surface area contributed by atoms with E-state index < -0.39 is 16.6 Å². The number of anilines is 2. The van der Waals surface area contributed by atoms with Crippen molar-refractivity contribution < 1.29 is 14.8 Å². The van der Waals surface area contributed by atoms with Gasteiger partial charge in [0.25, 0.3) is 0 Å². The van der Waals surface area contributed by atoms with Crippen molar-refractivity contribution in [3.8, 4) is 0 Å². The van der Waals surface area contributed by atoms with Crippen LogP contribution in [0.1, 0.15) is 27.4 Å². The van der Waals surface area contributed by atoms with Crippen LogP contribution in [0.4, 0.5) is 17.3 Å². The minimum atomic E-state index is -1.02. The van der Waals surface area contributed by atoms with E-state index in [9.17, 15) is 14.9 Å². The average Bonchev–Trinajstić information content (AvgIpc) is 3.04. The molecule has 0 aliphatic carbocycles. The third-order valence-corrected chi connectivity index (χ3v) is 3.85. The fourth-order valence-electron chi connectivity index (χ4n) is 2.29. The molecule has 2 aromatic heterocycles. The van der Waals surface area contributed by atoms with E-state index in [4.69, 9.17) is 16.7 Å². The summed E-state index contributed by atoms with van der Waals surface area (Å²) < 4.78 is 0. The number of nitrogens with zero attached hydrogens (tertiary/aromatic N) is 4. The van der Waals surface area contributed by atoms with Crippen molar-refractivity contribution >= 4 is 47.0 Å². The predicted molar refractivity (Wildman–Crippen MR) is 103 cm³/mol. The summed E-state index contributed by atoms with van der Waals surface area (Å²) in [6.45, 7) is 1.76. The molecule has 3 rings (SSSR count). The number of carboxylic acids is 1. The number of rotatable bonds is 6. The third kappa shape index (κ3) is 4.30. The Bertz CT molecular complexity index is 1080. The van der Waals surface area contributed by atoms with Crippen LogP contribution in [-0.4, -0.2) is 36.2 Å². The maximum Gasteiger partial charge on any atom is 0.348 e. The molecule has 0 radical (unpaired) electrons. The lowest BCUT2D eigenvalue weighted by Gasteiger charge is -2.06. The van der Waals surface area contributed by atoms with Crippen molar-refractivity contribution in [2.24, 2.45) is 0 Å². The molecule has 28 heavy (non-hydrogen) atoms. The number of nitrogens with one attached hydrogen (secondary N) is 2. The average molecular weight is 401 g/mol. The number of nitro groups is 1. The number of aryl methyl sites for hydroxylation is 1. The number of aromatic carboxylic acids is 1. The standard InChI is InChI=1S/C17H13ClN6O4/c1-9-8-13(23-22-9)21-16-14(24(27)28)15(18)19-12(20-16)7-4-10-2-5-11(6-3-10)17(25)26/h2-8H,1H3,(H,25,26)(H2,19,20,21,22,23). The SMILES string of the molecule is Cc1cc(Nc2nc(C=Cc3ccc(C(=O)O)cc3)nc(Cl)c2[N+](=O)[O-])[nH]n1. The minimum Gasteiger partial charge on any atom is -0.478 e. The van der Waals surface area contributed by atoms with Crippen LogP contribution in [0.3, 0.4) is 0 Å². The zero-order valence-corrected chi connectivity index (χ0v) is 15.1. The van der Waals surface area contributed by atoms with Crippen LogP contribution in [-0.2, 0) is 0 Å². The monoisotopic (exact) mass is 400 g/mol. The summed E-state index contributed by atoms with van der Waals surface area (Å²) in [6.07, 6.45) is 3.14. The normalized spacial score (nSPS) is 10.9. The van der Waals surface area contributed by atoms with Crippen molar-refractivity contribution in [3.05, 3.63) is 68.2 Å². The maximum atomic E-state index is 11.3. The summed E-state index contributed by atoms with van der Waals surface area (Å²) in [7, 11) is 0. The van der Waals surface area contributed by atoms with Gasteiger partial charge in [-0.2, -0.15) is 5.10 Å². The van der Waals surface area contributed by atoms with Gasteiger partial charge < -0.3 is 10.4 Å². The van der Waals surface area contributed by atoms with Crippen molar-refractivity contribution in [2.45, 2.75) is 6.92 Å². The van der Waals surface area contributed by atoms with Crippen LogP contribution >= 0.6 is 11.6 Å². The highest BCUT2D eigenvalue weighted by atomic mass is 35.5. The topological polar surface area (TPSA) is 147 Å². The number of hydrogen-bond acceptors (Lipinski definition) is 7. The molecule has 0 unspecified atom stereocenters. The van der Waals surface area contributed by atoms with Gasteiger partial charge in [-0.15, -0.1) is 0 Å². The van der Waals surface area contributed by atoms with Crippen LogP contribution in [0.25, 0.3) is 12.2 Å². The van der Waals surface area contributed by atoms with E-state index >= 15 is 0 Å². The molecule has 10 nitrogen and oxygen atoms in total.